The lowest BCUT2D eigenvalue weighted by Gasteiger charge is -2.08. The van der Waals surface area contributed by atoms with Crippen molar-refractivity contribution in [1.82, 2.24) is 0 Å². The van der Waals surface area contributed by atoms with Crippen LogP contribution in [0.4, 0.5) is 17.1 Å². The Kier molecular flexibility index (Phi) is 14.9. The van der Waals surface area contributed by atoms with Gasteiger partial charge >= 0.3 is 0 Å². The quantitative estimate of drug-likeness (QED) is 0.121. The van der Waals surface area contributed by atoms with Gasteiger partial charge in [-0.25, -0.2) is 0 Å². The van der Waals surface area contributed by atoms with Gasteiger partial charge in [0.05, 0.1) is 5.69 Å². The maximum Gasteiger partial charge on any atom is 0.0529 e. The van der Waals surface area contributed by atoms with Crippen molar-refractivity contribution >= 4 is 118 Å². The van der Waals surface area contributed by atoms with E-state index in [1.165, 1.54) is 3.57 Å². The molecule has 0 unspecified atom stereocenters. The largest absolute Gasteiger partial charge is 0.399 e. The van der Waals surface area contributed by atoms with Crippen molar-refractivity contribution in [3.05, 3.63) is 118 Å². The Morgan fingerprint density at radius 2 is 1.06 bits per heavy atom. The van der Waals surface area contributed by atoms with Crippen molar-refractivity contribution in [2.75, 3.05) is 11.1 Å². The van der Waals surface area contributed by atoms with Gasteiger partial charge in [0.25, 0.3) is 0 Å². The third-order valence-electron chi connectivity index (χ3n) is 3.81. The zero-order valence-corrected chi connectivity index (χ0v) is 25.2. The molecule has 0 aliphatic heterocycles. The molecule has 3 N–H and O–H groups in total. The third-order valence-corrected chi connectivity index (χ3v) is 7.77. The number of nitrogens with two attached hydrogens (primary N) is 1. The van der Waals surface area contributed by atoms with E-state index in [1.54, 1.807) is 24.3 Å². The summed E-state index contributed by atoms with van der Waals surface area (Å²) in [5.74, 6) is 0. The minimum atomic E-state index is 0. The molecule has 0 saturated heterocycles. The summed E-state index contributed by atoms with van der Waals surface area (Å²) in [5, 5.41) is 6.18. The second-order valence-corrected chi connectivity index (χ2v) is 11.0. The van der Waals surface area contributed by atoms with E-state index in [9.17, 15) is 0 Å². The standard InChI is InChI=1S/C12H8BrCl2N.C6H3BrClI.C6H6ClN.CH4/c13-11-7-9(15)3-6-12(11)16-10-4-1-8(14)2-5-10;7-5-3-4(8)1-2-6(5)9;7-5-1-3-6(8)4-2-5;/h1-7,16H;1-3H;1-4H,8H2;1H4. The highest BCUT2D eigenvalue weighted by molar-refractivity contribution is 14.1. The number of rotatable bonds is 2. The molecule has 0 fully saturated rings. The molecule has 0 saturated carbocycles. The topological polar surface area (TPSA) is 38.0 Å². The highest BCUT2D eigenvalue weighted by Gasteiger charge is 2.01. The molecule has 0 atom stereocenters. The summed E-state index contributed by atoms with van der Waals surface area (Å²) in [6.45, 7) is 0. The molecule has 0 aliphatic rings. The molecule has 2 nitrogen and oxygen atoms in total. The van der Waals surface area contributed by atoms with E-state index < -0.39 is 0 Å². The lowest BCUT2D eigenvalue weighted by Crippen LogP contribution is -1.90. The van der Waals surface area contributed by atoms with Gasteiger partial charge in [-0.15, -0.1) is 0 Å². The van der Waals surface area contributed by atoms with Crippen molar-refractivity contribution in [2.24, 2.45) is 0 Å². The molecule has 0 bridgehead atoms. The molecular formula is C25H21Br2Cl4IN2. The predicted octanol–water partition coefficient (Wildman–Crippen LogP) is 11.8. The maximum atomic E-state index is 5.87. The van der Waals surface area contributed by atoms with Crippen LogP contribution in [0.5, 0.6) is 0 Å². The van der Waals surface area contributed by atoms with Crippen LogP contribution >= 0.6 is 101 Å². The van der Waals surface area contributed by atoms with Crippen molar-refractivity contribution in [1.29, 1.82) is 0 Å². The van der Waals surface area contributed by atoms with Gasteiger partial charge in [0, 0.05) is 44.0 Å². The molecule has 0 aliphatic carbocycles. The Hall–Kier alpha value is -0.670. The zero-order chi connectivity index (χ0) is 24.4. The maximum absolute atomic E-state index is 5.87. The first-order valence-electron chi connectivity index (χ1n) is 9.23. The van der Waals surface area contributed by atoms with Crippen LogP contribution in [0.3, 0.4) is 0 Å². The molecule has 180 valence electrons. The van der Waals surface area contributed by atoms with Gasteiger partial charge in [-0.2, -0.15) is 0 Å². The van der Waals surface area contributed by atoms with E-state index in [1.807, 2.05) is 60.7 Å². The summed E-state index contributed by atoms with van der Waals surface area (Å²) in [5.41, 5.74) is 8.06. The minimum Gasteiger partial charge on any atom is -0.399 e. The van der Waals surface area contributed by atoms with Gasteiger partial charge < -0.3 is 11.1 Å². The predicted molar refractivity (Wildman–Crippen MR) is 168 cm³/mol. The molecular weight excluding hydrogens is 757 g/mol. The monoisotopic (exact) mass is 774 g/mol. The van der Waals surface area contributed by atoms with Gasteiger partial charge in [-0.3, -0.25) is 0 Å². The van der Waals surface area contributed by atoms with Gasteiger partial charge in [-0.05, 0) is 139 Å². The van der Waals surface area contributed by atoms with Crippen LogP contribution in [0.15, 0.2) is 93.9 Å². The summed E-state index contributed by atoms with van der Waals surface area (Å²) < 4.78 is 3.16. The van der Waals surface area contributed by atoms with Crippen LogP contribution < -0.4 is 11.1 Å². The fourth-order valence-electron chi connectivity index (χ4n) is 2.21. The first-order chi connectivity index (χ1) is 15.6. The first kappa shape index (κ1) is 31.4. The highest BCUT2D eigenvalue weighted by atomic mass is 127. The molecule has 4 rings (SSSR count). The molecule has 0 amide bonds. The minimum absolute atomic E-state index is 0. The van der Waals surface area contributed by atoms with Crippen molar-refractivity contribution in [3.63, 3.8) is 0 Å². The Morgan fingerprint density at radius 1 is 0.618 bits per heavy atom. The lowest BCUT2D eigenvalue weighted by atomic mass is 10.2. The fraction of sp³-hybridized carbons (Fsp3) is 0.0400. The second kappa shape index (κ2) is 16.1. The third kappa shape index (κ3) is 11.8. The Morgan fingerprint density at radius 3 is 1.50 bits per heavy atom. The van der Waals surface area contributed by atoms with E-state index in [-0.39, 0.29) is 7.43 Å². The highest BCUT2D eigenvalue weighted by Crippen LogP contribution is 2.29. The lowest BCUT2D eigenvalue weighted by molar-refractivity contribution is 1.52. The van der Waals surface area contributed by atoms with Crippen LogP contribution in [-0.4, -0.2) is 0 Å². The van der Waals surface area contributed by atoms with E-state index in [0.29, 0.717) is 5.02 Å². The molecule has 34 heavy (non-hydrogen) atoms. The van der Waals surface area contributed by atoms with Crippen LogP contribution in [0.2, 0.25) is 20.1 Å². The Bertz CT molecular complexity index is 1150. The number of hydrogen-bond donors (Lipinski definition) is 2. The zero-order valence-electron chi connectivity index (χ0n) is 16.8. The Labute approximate surface area is 251 Å². The van der Waals surface area contributed by atoms with Crippen molar-refractivity contribution in [3.8, 4) is 0 Å². The normalized spacial score (nSPS) is 9.50. The summed E-state index contributed by atoms with van der Waals surface area (Å²) >= 11 is 32.0. The number of halogens is 7. The van der Waals surface area contributed by atoms with Gasteiger partial charge in [-0.1, -0.05) is 53.8 Å². The van der Waals surface area contributed by atoms with E-state index in [0.717, 1.165) is 41.1 Å². The van der Waals surface area contributed by atoms with E-state index in [2.05, 4.69) is 59.8 Å². The summed E-state index contributed by atoms with van der Waals surface area (Å²) in [4.78, 5) is 0. The van der Waals surface area contributed by atoms with Crippen molar-refractivity contribution < 1.29 is 0 Å². The molecule has 0 spiro atoms. The second-order valence-electron chi connectivity index (χ2n) is 6.37. The summed E-state index contributed by atoms with van der Waals surface area (Å²) in [7, 11) is 0. The van der Waals surface area contributed by atoms with Crippen molar-refractivity contribution in [2.45, 2.75) is 7.43 Å². The number of nitrogen functional groups attached to an aromatic ring is 1. The van der Waals surface area contributed by atoms with Crippen LogP contribution in [0, 0.1) is 3.57 Å². The average molecular weight is 778 g/mol. The van der Waals surface area contributed by atoms with Gasteiger partial charge in [0.2, 0.25) is 0 Å². The molecule has 0 radical (unpaired) electrons. The number of anilines is 3. The smallest absolute Gasteiger partial charge is 0.0529 e. The number of nitrogens with one attached hydrogen (secondary N) is 1. The van der Waals surface area contributed by atoms with Crippen LogP contribution in [-0.2, 0) is 0 Å². The summed E-state index contributed by atoms with van der Waals surface area (Å²) in [6, 6.07) is 25.9. The van der Waals surface area contributed by atoms with E-state index in [4.69, 9.17) is 52.1 Å². The molecule has 9 heteroatoms. The molecule has 4 aromatic carbocycles. The first-order valence-corrected chi connectivity index (χ1v) is 13.4. The summed E-state index contributed by atoms with van der Waals surface area (Å²) in [6.07, 6.45) is 0. The van der Waals surface area contributed by atoms with Gasteiger partial charge in [0.1, 0.15) is 0 Å². The number of hydrogen-bond acceptors (Lipinski definition) is 2. The average Bonchev–Trinajstić information content (AvgIpc) is 2.77. The molecule has 0 aromatic heterocycles. The SMILES string of the molecule is C.Clc1ccc(I)c(Br)c1.Clc1ccc(Nc2ccc(Cl)cc2Br)cc1.Nc1ccc(Cl)cc1. The number of benzene rings is 4. The Balaban J connectivity index is 0.000000274. The van der Waals surface area contributed by atoms with Crippen LogP contribution in [0.25, 0.3) is 0 Å². The molecule has 0 heterocycles. The fourth-order valence-corrected chi connectivity index (χ4v) is 4.26. The van der Waals surface area contributed by atoms with Crippen LogP contribution in [0.1, 0.15) is 7.43 Å². The van der Waals surface area contributed by atoms with Gasteiger partial charge in [0.15, 0.2) is 0 Å². The van der Waals surface area contributed by atoms with E-state index >= 15 is 0 Å². The molecule has 4 aromatic rings.